The second kappa shape index (κ2) is 6.78. The van der Waals surface area contributed by atoms with Crippen molar-refractivity contribution in [3.05, 3.63) is 12.2 Å². The molecule has 0 bridgehead atoms. The minimum absolute atomic E-state index is 0.0793. The van der Waals surface area contributed by atoms with Crippen molar-refractivity contribution < 1.29 is 19.4 Å². The molecular weight excluding hydrogens is 208 g/mol. The van der Waals surface area contributed by atoms with E-state index in [2.05, 4.69) is 0 Å². The van der Waals surface area contributed by atoms with Crippen LogP contribution >= 0.6 is 0 Å². The average molecular weight is 230 g/mol. The van der Waals surface area contributed by atoms with Gasteiger partial charge in [-0.1, -0.05) is 13.0 Å². The van der Waals surface area contributed by atoms with Gasteiger partial charge in [-0.05, 0) is 26.8 Å². The maximum absolute atomic E-state index is 10.7. The van der Waals surface area contributed by atoms with Crippen molar-refractivity contribution in [2.45, 2.75) is 39.6 Å². The van der Waals surface area contributed by atoms with E-state index in [1.165, 1.54) is 19.1 Å². The molecule has 4 heteroatoms. The predicted octanol–water partition coefficient (Wildman–Crippen LogP) is 1.53. The molecule has 94 valence electrons. The van der Waals surface area contributed by atoms with Crippen LogP contribution in [0.2, 0.25) is 0 Å². The Bertz CT molecular complexity index is 245. The van der Waals surface area contributed by atoms with Gasteiger partial charge in [-0.25, -0.2) is 0 Å². The van der Waals surface area contributed by atoms with E-state index in [9.17, 15) is 9.90 Å². The van der Waals surface area contributed by atoms with E-state index in [0.717, 1.165) is 0 Å². The minimum Gasteiger partial charge on any atom is -0.389 e. The Kier molecular flexibility index (Phi) is 6.48. The normalized spacial score (nSPS) is 16.4. The molecule has 0 saturated carbocycles. The summed E-state index contributed by atoms with van der Waals surface area (Å²) in [5.74, 6) is -0.826. The van der Waals surface area contributed by atoms with E-state index in [4.69, 9.17) is 9.47 Å². The lowest BCUT2D eigenvalue weighted by molar-refractivity contribution is -0.205. The van der Waals surface area contributed by atoms with Gasteiger partial charge in [-0.3, -0.25) is 4.79 Å². The van der Waals surface area contributed by atoms with E-state index in [0.29, 0.717) is 6.61 Å². The number of allylic oxidation sites excluding steroid dienone is 1. The fourth-order valence-corrected chi connectivity index (χ4v) is 0.913. The van der Waals surface area contributed by atoms with Crippen LogP contribution in [0.15, 0.2) is 12.2 Å². The summed E-state index contributed by atoms with van der Waals surface area (Å²) in [7, 11) is 1.57. The zero-order valence-electron chi connectivity index (χ0n) is 10.7. The molecule has 2 atom stereocenters. The highest BCUT2D eigenvalue weighted by Crippen LogP contribution is 2.13. The highest BCUT2D eigenvalue weighted by molar-refractivity contribution is 5.87. The molecule has 4 nitrogen and oxygen atoms in total. The van der Waals surface area contributed by atoms with Crippen LogP contribution in [0.25, 0.3) is 0 Å². The Balaban J connectivity index is 4.06. The van der Waals surface area contributed by atoms with Gasteiger partial charge >= 0.3 is 0 Å². The Labute approximate surface area is 97.2 Å². The van der Waals surface area contributed by atoms with Gasteiger partial charge < -0.3 is 14.6 Å². The van der Waals surface area contributed by atoms with Crippen molar-refractivity contribution >= 4 is 5.78 Å². The maximum Gasteiger partial charge on any atom is 0.162 e. The summed E-state index contributed by atoms with van der Waals surface area (Å²) in [6.07, 6.45) is 2.16. The quantitative estimate of drug-likeness (QED) is 0.532. The van der Waals surface area contributed by atoms with Gasteiger partial charge in [0, 0.05) is 13.0 Å². The first-order valence-corrected chi connectivity index (χ1v) is 5.34. The van der Waals surface area contributed by atoms with Crippen LogP contribution in [-0.2, 0) is 14.3 Å². The van der Waals surface area contributed by atoms with Crippen molar-refractivity contribution in [3.63, 3.8) is 0 Å². The third kappa shape index (κ3) is 6.71. The van der Waals surface area contributed by atoms with E-state index in [1.54, 1.807) is 21.0 Å². The lowest BCUT2D eigenvalue weighted by Crippen LogP contribution is -2.31. The highest BCUT2D eigenvalue weighted by atomic mass is 16.7. The average Bonchev–Trinajstić information content (AvgIpc) is 2.22. The molecule has 0 fully saturated rings. The Morgan fingerprint density at radius 3 is 2.50 bits per heavy atom. The van der Waals surface area contributed by atoms with Crippen molar-refractivity contribution in [1.29, 1.82) is 0 Å². The lowest BCUT2D eigenvalue weighted by Gasteiger charge is -2.26. The van der Waals surface area contributed by atoms with E-state index in [1.807, 2.05) is 6.92 Å². The van der Waals surface area contributed by atoms with Crippen LogP contribution in [0.4, 0.5) is 0 Å². The Morgan fingerprint density at radius 2 is 2.06 bits per heavy atom. The maximum atomic E-state index is 10.7. The molecule has 1 unspecified atom stereocenters. The van der Waals surface area contributed by atoms with Crippen LogP contribution in [0.5, 0.6) is 0 Å². The summed E-state index contributed by atoms with van der Waals surface area (Å²) in [6.45, 7) is 7.26. The number of hydrogen-bond donors (Lipinski definition) is 1. The molecule has 0 aromatic rings. The number of carbonyl (C=O) groups excluding carboxylic acids is 1. The lowest BCUT2D eigenvalue weighted by atomic mass is 10.1. The van der Waals surface area contributed by atoms with Crippen LogP contribution in [-0.4, -0.2) is 36.5 Å². The Hall–Kier alpha value is -0.710. The van der Waals surface area contributed by atoms with Crippen LogP contribution in [0.1, 0.15) is 27.7 Å². The molecule has 0 radical (unpaired) electrons. The molecular formula is C12H22O4. The second-order valence-corrected chi connectivity index (χ2v) is 4.35. The highest BCUT2D eigenvalue weighted by Gasteiger charge is 2.20. The van der Waals surface area contributed by atoms with Gasteiger partial charge in [-0.15, -0.1) is 0 Å². The van der Waals surface area contributed by atoms with Crippen LogP contribution < -0.4 is 0 Å². The van der Waals surface area contributed by atoms with Crippen LogP contribution in [0.3, 0.4) is 0 Å². The summed E-state index contributed by atoms with van der Waals surface area (Å²) in [5, 5.41) is 9.68. The molecule has 0 heterocycles. The molecule has 0 aromatic heterocycles. The number of aliphatic hydroxyl groups is 1. The molecule has 0 aliphatic rings. The monoisotopic (exact) mass is 230 g/mol. The summed E-state index contributed by atoms with van der Waals surface area (Å²) in [6, 6.07) is 0. The van der Waals surface area contributed by atoms with Gasteiger partial charge in [0.2, 0.25) is 0 Å². The third-order valence-corrected chi connectivity index (χ3v) is 2.30. The molecule has 0 aliphatic heterocycles. The standard InChI is InChI=1S/C12H22O4/c1-9(8-16-12(3,4)15-5)11(14)7-6-10(2)13/h6-7,9,11,14H,8H2,1-5H3/b7-6+/t9-,11?/m1/s1. The van der Waals surface area contributed by atoms with Gasteiger partial charge in [0.15, 0.2) is 11.6 Å². The van der Waals surface area contributed by atoms with Crippen molar-refractivity contribution in [2.75, 3.05) is 13.7 Å². The van der Waals surface area contributed by atoms with Gasteiger partial charge in [0.05, 0.1) is 12.7 Å². The number of ketones is 1. The topological polar surface area (TPSA) is 55.8 Å². The van der Waals surface area contributed by atoms with Gasteiger partial charge in [0.1, 0.15) is 0 Å². The van der Waals surface area contributed by atoms with Crippen LogP contribution in [0, 0.1) is 5.92 Å². The zero-order valence-corrected chi connectivity index (χ0v) is 10.7. The first-order chi connectivity index (χ1) is 7.28. The molecule has 16 heavy (non-hydrogen) atoms. The molecule has 1 N–H and O–H groups in total. The second-order valence-electron chi connectivity index (χ2n) is 4.35. The predicted molar refractivity (Wildman–Crippen MR) is 62.0 cm³/mol. The summed E-state index contributed by atoms with van der Waals surface area (Å²) < 4.78 is 10.6. The first kappa shape index (κ1) is 15.3. The van der Waals surface area contributed by atoms with Gasteiger partial charge in [-0.2, -0.15) is 0 Å². The number of methoxy groups -OCH3 is 1. The smallest absolute Gasteiger partial charge is 0.162 e. The summed E-state index contributed by atoms with van der Waals surface area (Å²) >= 11 is 0. The molecule has 0 rings (SSSR count). The van der Waals surface area contributed by atoms with Crippen molar-refractivity contribution in [2.24, 2.45) is 5.92 Å². The summed E-state index contributed by atoms with van der Waals surface area (Å²) in [5.41, 5.74) is 0. The molecule has 0 aliphatic carbocycles. The number of aliphatic hydroxyl groups excluding tert-OH is 1. The number of carbonyl (C=O) groups is 1. The largest absolute Gasteiger partial charge is 0.389 e. The number of rotatable bonds is 7. The van der Waals surface area contributed by atoms with E-state index >= 15 is 0 Å². The molecule has 0 amide bonds. The fourth-order valence-electron chi connectivity index (χ4n) is 0.913. The fraction of sp³-hybridized carbons (Fsp3) is 0.750. The first-order valence-electron chi connectivity index (χ1n) is 5.34. The van der Waals surface area contributed by atoms with Crippen molar-refractivity contribution in [3.8, 4) is 0 Å². The van der Waals surface area contributed by atoms with Crippen molar-refractivity contribution in [1.82, 2.24) is 0 Å². The van der Waals surface area contributed by atoms with E-state index < -0.39 is 11.9 Å². The summed E-state index contributed by atoms with van der Waals surface area (Å²) in [4.78, 5) is 10.7. The van der Waals surface area contributed by atoms with Gasteiger partial charge in [0.25, 0.3) is 0 Å². The molecule has 0 saturated heterocycles. The number of ether oxygens (including phenoxy) is 2. The molecule has 0 spiro atoms. The van der Waals surface area contributed by atoms with E-state index in [-0.39, 0.29) is 11.7 Å². The number of hydrogen-bond acceptors (Lipinski definition) is 4. The third-order valence-electron chi connectivity index (χ3n) is 2.30. The SMILES string of the molecule is COC(C)(C)OC[C@@H](C)C(O)/C=C/C(C)=O. The Morgan fingerprint density at radius 1 is 1.50 bits per heavy atom. The minimum atomic E-state index is -0.684. The molecule has 0 aromatic carbocycles. The zero-order chi connectivity index (χ0) is 12.8.